The molecule has 0 spiro atoms. The van der Waals surface area contributed by atoms with Gasteiger partial charge in [0.1, 0.15) is 0 Å². The van der Waals surface area contributed by atoms with E-state index in [1.165, 1.54) is 0 Å². The SMILES string of the molecule is CCCCN(CCCC)C[P+](F)(F)F. The highest BCUT2D eigenvalue weighted by molar-refractivity contribution is 7.60. The van der Waals surface area contributed by atoms with Crippen LogP contribution < -0.4 is 0 Å². The summed E-state index contributed by atoms with van der Waals surface area (Å²) in [6.45, 7) is 5.19. The highest BCUT2D eigenvalue weighted by atomic mass is 31.3. The molecule has 5 heteroatoms. The molecule has 0 amide bonds. The molecule has 0 atom stereocenters. The fourth-order valence-electron chi connectivity index (χ4n) is 1.24. The van der Waals surface area contributed by atoms with Gasteiger partial charge in [0.15, 0.2) is 0 Å². The van der Waals surface area contributed by atoms with E-state index in [0.717, 1.165) is 25.7 Å². The second kappa shape index (κ2) is 7.47. The number of hydrogen-bond acceptors (Lipinski definition) is 1. The zero-order chi connectivity index (χ0) is 11.0. The molecule has 0 aromatic rings. The summed E-state index contributed by atoms with van der Waals surface area (Å²) in [5.74, 6) is 0. The largest absolute Gasteiger partial charge is 0.583 e. The van der Waals surface area contributed by atoms with Crippen molar-refractivity contribution < 1.29 is 12.6 Å². The molecule has 86 valence electrons. The molecule has 0 radical (unpaired) electrons. The molecule has 0 saturated heterocycles. The van der Waals surface area contributed by atoms with Gasteiger partial charge in [-0.25, -0.2) is 0 Å². The topological polar surface area (TPSA) is 3.24 Å². The summed E-state index contributed by atoms with van der Waals surface area (Å²) < 4.78 is 36.7. The third-order valence-electron chi connectivity index (χ3n) is 2.02. The zero-order valence-corrected chi connectivity index (χ0v) is 9.87. The average molecular weight is 230 g/mol. The van der Waals surface area contributed by atoms with Gasteiger partial charge in [0.05, 0.1) is 0 Å². The Kier molecular flexibility index (Phi) is 7.56. The van der Waals surface area contributed by atoms with Crippen LogP contribution in [0.1, 0.15) is 39.5 Å². The van der Waals surface area contributed by atoms with Crippen LogP contribution in [-0.4, -0.2) is 24.3 Å². The van der Waals surface area contributed by atoms with Gasteiger partial charge in [0, 0.05) is 25.7 Å². The minimum absolute atomic E-state index is 0.593. The van der Waals surface area contributed by atoms with E-state index in [4.69, 9.17) is 0 Å². The van der Waals surface area contributed by atoms with Crippen LogP contribution in [0.5, 0.6) is 0 Å². The van der Waals surface area contributed by atoms with Crippen molar-refractivity contribution in [3.05, 3.63) is 0 Å². The zero-order valence-electron chi connectivity index (χ0n) is 8.98. The Hall–Kier alpha value is 0.180. The van der Waals surface area contributed by atoms with E-state index in [2.05, 4.69) is 0 Å². The van der Waals surface area contributed by atoms with Crippen molar-refractivity contribution in [2.45, 2.75) is 39.5 Å². The Morgan fingerprint density at radius 2 is 1.36 bits per heavy atom. The van der Waals surface area contributed by atoms with Gasteiger partial charge in [0.25, 0.3) is 0 Å². The molecule has 14 heavy (non-hydrogen) atoms. The number of hydrogen-bond donors (Lipinski definition) is 0. The summed E-state index contributed by atoms with van der Waals surface area (Å²) in [6.07, 6.45) is 3.00. The van der Waals surface area contributed by atoms with Crippen LogP contribution in [0.3, 0.4) is 0 Å². The number of nitrogens with zero attached hydrogens (tertiary/aromatic N) is 1. The number of unbranched alkanes of at least 4 members (excludes halogenated alkanes) is 2. The first-order chi connectivity index (χ1) is 6.49. The van der Waals surface area contributed by atoms with Crippen LogP contribution in [0, 0.1) is 0 Å². The fraction of sp³-hybridized carbons (Fsp3) is 1.00. The summed E-state index contributed by atoms with van der Waals surface area (Å²) in [5, 5.41) is 0. The summed E-state index contributed by atoms with van der Waals surface area (Å²) in [6, 6.07) is 0. The smallest absolute Gasteiger partial charge is 0.264 e. The van der Waals surface area contributed by atoms with Crippen molar-refractivity contribution in [1.29, 1.82) is 0 Å². The standard InChI is InChI=1S/C9H20F3NP/c1-3-5-7-13(8-6-4-2)9-14(10,11)12/h3-9H2,1-2H3/q+1. The second-order valence-corrected chi connectivity index (χ2v) is 4.90. The molecule has 0 heterocycles. The molecule has 0 aliphatic rings. The first-order valence-electron chi connectivity index (χ1n) is 5.19. The first-order valence-corrected chi connectivity index (χ1v) is 6.83. The lowest BCUT2D eigenvalue weighted by Gasteiger charge is -2.17. The van der Waals surface area contributed by atoms with E-state index in [1.807, 2.05) is 13.8 Å². The maximum Gasteiger partial charge on any atom is 0.583 e. The van der Waals surface area contributed by atoms with Gasteiger partial charge >= 0.3 is 8.19 Å². The molecule has 0 saturated carbocycles. The van der Waals surface area contributed by atoms with E-state index in [-0.39, 0.29) is 0 Å². The lowest BCUT2D eigenvalue weighted by atomic mass is 10.3. The van der Waals surface area contributed by atoms with Gasteiger partial charge in [-0.05, 0) is 12.8 Å². The average Bonchev–Trinajstić information content (AvgIpc) is 2.07. The summed E-state index contributed by atoms with van der Waals surface area (Å²) in [7, 11) is -5.13. The van der Waals surface area contributed by atoms with E-state index in [0.29, 0.717) is 13.1 Å². The van der Waals surface area contributed by atoms with Crippen molar-refractivity contribution in [1.82, 2.24) is 4.90 Å². The Bertz CT molecular complexity index is 131. The Morgan fingerprint density at radius 3 is 1.64 bits per heavy atom. The van der Waals surface area contributed by atoms with Gasteiger partial charge in [-0.1, -0.05) is 26.7 Å². The molecule has 0 aromatic carbocycles. The molecule has 0 aromatic heterocycles. The van der Waals surface area contributed by atoms with E-state index in [1.54, 1.807) is 4.90 Å². The molecular formula is C9H20F3NP+. The van der Waals surface area contributed by atoms with Gasteiger partial charge in [0.2, 0.25) is 6.29 Å². The van der Waals surface area contributed by atoms with Crippen LogP contribution in [0.15, 0.2) is 0 Å². The predicted octanol–water partition coefficient (Wildman–Crippen LogP) is 4.52. The summed E-state index contributed by atoms with van der Waals surface area (Å²) >= 11 is 0. The van der Waals surface area contributed by atoms with Crippen LogP contribution in [0.4, 0.5) is 12.6 Å². The van der Waals surface area contributed by atoms with E-state index < -0.39 is 14.5 Å². The molecule has 0 fully saturated rings. The normalized spacial score (nSPS) is 12.4. The van der Waals surface area contributed by atoms with Gasteiger partial charge < -0.3 is 0 Å². The third kappa shape index (κ3) is 8.76. The van der Waals surface area contributed by atoms with E-state index >= 15 is 0 Å². The molecule has 0 bridgehead atoms. The highest BCUT2D eigenvalue weighted by Crippen LogP contribution is 2.64. The molecule has 0 N–H and O–H groups in total. The molecule has 0 unspecified atom stereocenters. The number of halogens is 3. The minimum atomic E-state index is -5.13. The Labute approximate surface area is 85.4 Å². The molecule has 0 aliphatic carbocycles. The fourth-order valence-corrected chi connectivity index (χ4v) is 1.98. The predicted molar refractivity (Wildman–Crippen MR) is 56.5 cm³/mol. The molecule has 0 rings (SSSR count). The van der Waals surface area contributed by atoms with Crippen molar-refractivity contribution in [3.63, 3.8) is 0 Å². The molecular weight excluding hydrogens is 210 g/mol. The molecule has 0 aliphatic heterocycles. The molecule has 1 nitrogen and oxygen atoms in total. The van der Waals surface area contributed by atoms with Crippen LogP contribution in [0.2, 0.25) is 0 Å². The Balaban J connectivity index is 3.84. The van der Waals surface area contributed by atoms with Crippen molar-refractivity contribution in [3.8, 4) is 0 Å². The van der Waals surface area contributed by atoms with Crippen molar-refractivity contribution >= 4 is 8.19 Å². The van der Waals surface area contributed by atoms with Crippen LogP contribution in [-0.2, 0) is 0 Å². The maximum atomic E-state index is 12.2. The quantitative estimate of drug-likeness (QED) is 0.554. The lowest BCUT2D eigenvalue weighted by molar-refractivity contribution is 0.291. The van der Waals surface area contributed by atoms with Gasteiger partial charge in [-0.3, -0.25) is 4.90 Å². The van der Waals surface area contributed by atoms with Gasteiger partial charge in [-0.15, -0.1) is 0 Å². The third-order valence-corrected chi connectivity index (χ3v) is 2.74. The van der Waals surface area contributed by atoms with Gasteiger partial charge in [-0.2, -0.15) is 0 Å². The highest BCUT2D eigenvalue weighted by Gasteiger charge is 2.44. The van der Waals surface area contributed by atoms with E-state index in [9.17, 15) is 12.6 Å². The lowest BCUT2D eigenvalue weighted by Crippen LogP contribution is -2.26. The Morgan fingerprint density at radius 1 is 0.929 bits per heavy atom. The first kappa shape index (κ1) is 14.2. The summed E-state index contributed by atoms with van der Waals surface area (Å²) in [4.78, 5) is 1.56. The van der Waals surface area contributed by atoms with Crippen molar-refractivity contribution in [2.75, 3.05) is 19.4 Å². The van der Waals surface area contributed by atoms with Crippen LogP contribution in [0.25, 0.3) is 0 Å². The second-order valence-electron chi connectivity index (χ2n) is 3.52. The summed E-state index contributed by atoms with van der Waals surface area (Å²) in [5.41, 5.74) is 0. The minimum Gasteiger partial charge on any atom is -0.264 e. The monoisotopic (exact) mass is 230 g/mol. The maximum absolute atomic E-state index is 12.2. The van der Waals surface area contributed by atoms with Crippen molar-refractivity contribution in [2.24, 2.45) is 0 Å². The number of rotatable bonds is 8. The van der Waals surface area contributed by atoms with Crippen LogP contribution >= 0.6 is 8.19 Å².